The first-order valence-corrected chi connectivity index (χ1v) is 10.2. The quantitative estimate of drug-likeness (QED) is 0.848. The highest BCUT2D eigenvalue weighted by atomic mass is 32.2. The van der Waals surface area contributed by atoms with Gasteiger partial charge in [-0.25, -0.2) is 13.1 Å². The predicted octanol–water partition coefficient (Wildman–Crippen LogP) is 0.951. The number of hydrogen-bond donors (Lipinski definition) is 2. The molecule has 3 aliphatic rings. The molecule has 0 radical (unpaired) electrons. The van der Waals surface area contributed by atoms with Gasteiger partial charge in [-0.1, -0.05) is 6.42 Å². The lowest BCUT2D eigenvalue weighted by Crippen LogP contribution is -2.39. The van der Waals surface area contributed by atoms with Gasteiger partial charge in [0.25, 0.3) is 5.91 Å². The van der Waals surface area contributed by atoms with E-state index in [0.717, 1.165) is 45.3 Å². The van der Waals surface area contributed by atoms with Crippen LogP contribution in [0, 0.1) is 5.92 Å². The summed E-state index contributed by atoms with van der Waals surface area (Å²) in [7, 11) is -3.48. The van der Waals surface area contributed by atoms with E-state index in [9.17, 15) is 13.2 Å². The fraction of sp³-hybridized carbons (Fsp3) is 0.588. The van der Waals surface area contributed by atoms with Crippen LogP contribution in [0.5, 0.6) is 0 Å². The maximum Gasteiger partial charge on any atom is 0.254 e. The monoisotopic (exact) mass is 349 g/mol. The highest BCUT2D eigenvalue weighted by molar-refractivity contribution is 7.89. The Morgan fingerprint density at radius 2 is 1.88 bits per heavy atom. The zero-order valence-electron chi connectivity index (χ0n) is 13.6. The average Bonchev–Trinajstić information content (AvgIpc) is 3.14. The van der Waals surface area contributed by atoms with Gasteiger partial charge in [0.1, 0.15) is 0 Å². The van der Waals surface area contributed by atoms with E-state index in [-0.39, 0.29) is 22.9 Å². The molecular formula is C17H23N3O3S. The lowest BCUT2D eigenvalue weighted by molar-refractivity contribution is 0.0737. The minimum atomic E-state index is -3.48. The fourth-order valence-corrected chi connectivity index (χ4v) is 5.16. The van der Waals surface area contributed by atoms with Crippen molar-refractivity contribution in [2.24, 2.45) is 5.92 Å². The number of carbonyl (C=O) groups is 1. The predicted molar refractivity (Wildman–Crippen MR) is 90.2 cm³/mol. The minimum absolute atomic E-state index is 0.00194. The number of fused-ring (bicyclic) bond motifs is 1. The van der Waals surface area contributed by atoms with Gasteiger partial charge in [0.2, 0.25) is 10.0 Å². The van der Waals surface area contributed by atoms with E-state index >= 15 is 0 Å². The third-order valence-corrected chi connectivity index (χ3v) is 7.08. The fourth-order valence-electron chi connectivity index (χ4n) is 3.86. The van der Waals surface area contributed by atoms with Crippen LogP contribution in [0.2, 0.25) is 0 Å². The number of hydrogen-bond acceptors (Lipinski definition) is 4. The molecule has 130 valence electrons. The third kappa shape index (κ3) is 2.85. The van der Waals surface area contributed by atoms with Crippen LogP contribution >= 0.6 is 0 Å². The molecular weight excluding hydrogens is 326 g/mol. The first-order chi connectivity index (χ1) is 11.5. The number of carbonyl (C=O) groups excluding carboxylic acids is 1. The van der Waals surface area contributed by atoms with Crippen LogP contribution in [-0.2, 0) is 10.0 Å². The molecule has 0 bridgehead atoms. The van der Waals surface area contributed by atoms with Crippen LogP contribution in [0.3, 0.4) is 0 Å². The van der Waals surface area contributed by atoms with Gasteiger partial charge in [-0.05, 0) is 49.4 Å². The van der Waals surface area contributed by atoms with Crippen molar-refractivity contribution in [3.05, 3.63) is 29.8 Å². The van der Waals surface area contributed by atoms with E-state index in [1.807, 2.05) is 4.90 Å². The molecule has 4 rings (SSSR count). The van der Waals surface area contributed by atoms with Crippen LogP contribution in [0.25, 0.3) is 0 Å². The van der Waals surface area contributed by atoms with Gasteiger partial charge in [0, 0.05) is 37.3 Å². The molecule has 2 saturated heterocycles. The smallest absolute Gasteiger partial charge is 0.254 e. The number of amides is 1. The molecule has 6 nitrogen and oxygen atoms in total. The Kier molecular flexibility index (Phi) is 4.10. The topological polar surface area (TPSA) is 78.5 Å². The van der Waals surface area contributed by atoms with Gasteiger partial charge in [0.05, 0.1) is 4.90 Å². The highest BCUT2D eigenvalue weighted by Crippen LogP contribution is 2.28. The maximum absolute atomic E-state index is 12.7. The molecule has 2 aliphatic heterocycles. The Morgan fingerprint density at radius 1 is 1.12 bits per heavy atom. The number of benzene rings is 1. The van der Waals surface area contributed by atoms with E-state index in [4.69, 9.17) is 0 Å². The molecule has 1 saturated carbocycles. The molecule has 0 aromatic heterocycles. The molecule has 2 atom stereocenters. The van der Waals surface area contributed by atoms with Crippen molar-refractivity contribution >= 4 is 15.9 Å². The summed E-state index contributed by atoms with van der Waals surface area (Å²) in [5.41, 5.74) is 0.560. The van der Waals surface area contributed by atoms with Gasteiger partial charge in [-0.15, -0.1) is 0 Å². The first kappa shape index (κ1) is 16.1. The Bertz CT molecular complexity index is 728. The zero-order chi connectivity index (χ0) is 16.7. The standard InChI is InChI=1S/C17H23N3O3S/c21-17(20-9-8-13-10-18-11-16(13)20)12-4-6-15(7-5-12)24(22,23)19-14-2-1-3-14/h4-7,13-14,16,18-19H,1-3,8-11H2/t13-,16+/m0/s1. The van der Waals surface area contributed by atoms with E-state index in [0.29, 0.717) is 11.5 Å². The second kappa shape index (κ2) is 6.13. The Labute approximate surface area is 142 Å². The summed E-state index contributed by atoms with van der Waals surface area (Å²) < 4.78 is 27.3. The SMILES string of the molecule is O=C(c1ccc(S(=O)(=O)NC2CCC2)cc1)N1CC[C@H]2CNC[C@H]21. The third-order valence-electron chi connectivity index (χ3n) is 5.54. The lowest BCUT2D eigenvalue weighted by atomic mass is 9.94. The number of rotatable bonds is 4. The van der Waals surface area contributed by atoms with Gasteiger partial charge in [-0.3, -0.25) is 4.79 Å². The zero-order valence-corrected chi connectivity index (χ0v) is 14.4. The number of nitrogens with one attached hydrogen (secondary N) is 2. The summed E-state index contributed by atoms with van der Waals surface area (Å²) in [5.74, 6) is 0.558. The van der Waals surface area contributed by atoms with Gasteiger partial charge < -0.3 is 10.2 Å². The van der Waals surface area contributed by atoms with Crippen LogP contribution in [0.15, 0.2) is 29.2 Å². The van der Waals surface area contributed by atoms with Crippen molar-refractivity contribution in [1.29, 1.82) is 0 Å². The van der Waals surface area contributed by atoms with Gasteiger partial charge in [0.15, 0.2) is 0 Å². The summed E-state index contributed by atoms with van der Waals surface area (Å²) in [5, 5.41) is 3.34. The molecule has 2 heterocycles. The summed E-state index contributed by atoms with van der Waals surface area (Å²) in [6.07, 6.45) is 3.93. The largest absolute Gasteiger partial charge is 0.334 e. The maximum atomic E-state index is 12.7. The van der Waals surface area contributed by atoms with Crippen molar-refractivity contribution in [2.45, 2.75) is 42.7 Å². The molecule has 1 aromatic rings. The van der Waals surface area contributed by atoms with E-state index < -0.39 is 10.0 Å². The summed E-state index contributed by atoms with van der Waals surface area (Å²) >= 11 is 0. The molecule has 7 heteroatoms. The summed E-state index contributed by atoms with van der Waals surface area (Å²) in [6.45, 7) is 2.63. The van der Waals surface area contributed by atoms with E-state index in [2.05, 4.69) is 10.0 Å². The molecule has 24 heavy (non-hydrogen) atoms. The molecule has 1 amide bonds. The number of sulfonamides is 1. The minimum Gasteiger partial charge on any atom is -0.334 e. The molecule has 2 N–H and O–H groups in total. The van der Waals surface area contributed by atoms with Crippen LogP contribution in [0.1, 0.15) is 36.0 Å². The first-order valence-electron chi connectivity index (χ1n) is 8.69. The molecule has 0 spiro atoms. The lowest BCUT2D eigenvalue weighted by Gasteiger charge is -2.26. The van der Waals surface area contributed by atoms with E-state index in [1.165, 1.54) is 12.1 Å². The number of likely N-dealkylation sites (tertiary alicyclic amines) is 1. The Balaban J connectivity index is 1.48. The second-order valence-corrected chi connectivity index (χ2v) is 8.76. The van der Waals surface area contributed by atoms with Crippen molar-refractivity contribution in [2.75, 3.05) is 19.6 Å². The van der Waals surface area contributed by atoms with Crippen LogP contribution in [-0.4, -0.2) is 50.9 Å². The molecule has 1 aliphatic carbocycles. The van der Waals surface area contributed by atoms with Crippen LogP contribution in [0.4, 0.5) is 0 Å². The van der Waals surface area contributed by atoms with Crippen LogP contribution < -0.4 is 10.0 Å². The van der Waals surface area contributed by atoms with E-state index in [1.54, 1.807) is 12.1 Å². The van der Waals surface area contributed by atoms with Crippen molar-refractivity contribution < 1.29 is 13.2 Å². The molecule has 0 unspecified atom stereocenters. The second-order valence-electron chi connectivity index (χ2n) is 7.05. The highest BCUT2D eigenvalue weighted by Gasteiger charge is 2.40. The summed E-state index contributed by atoms with van der Waals surface area (Å²) in [4.78, 5) is 14.9. The summed E-state index contributed by atoms with van der Waals surface area (Å²) in [6, 6.07) is 6.68. The Hall–Kier alpha value is -1.44. The molecule has 3 fully saturated rings. The number of nitrogens with zero attached hydrogens (tertiary/aromatic N) is 1. The van der Waals surface area contributed by atoms with Crippen molar-refractivity contribution in [3.8, 4) is 0 Å². The van der Waals surface area contributed by atoms with Crippen molar-refractivity contribution in [3.63, 3.8) is 0 Å². The van der Waals surface area contributed by atoms with Gasteiger partial charge in [-0.2, -0.15) is 0 Å². The van der Waals surface area contributed by atoms with Crippen molar-refractivity contribution in [1.82, 2.24) is 14.9 Å². The Morgan fingerprint density at radius 3 is 2.54 bits per heavy atom. The normalized spacial score (nSPS) is 27.1. The van der Waals surface area contributed by atoms with Gasteiger partial charge >= 0.3 is 0 Å². The molecule has 1 aromatic carbocycles. The average molecular weight is 349 g/mol.